The van der Waals surface area contributed by atoms with Crippen molar-refractivity contribution < 1.29 is 19.7 Å². The van der Waals surface area contributed by atoms with Gasteiger partial charge in [-0.25, -0.2) is 0 Å². The summed E-state index contributed by atoms with van der Waals surface area (Å²) < 4.78 is 10.2. The lowest BCUT2D eigenvalue weighted by Crippen LogP contribution is -2.07. The van der Waals surface area contributed by atoms with Crippen LogP contribution in [0.5, 0.6) is 0 Å². The van der Waals surface area contributed by atoms with Gasteiger partial charge in [0.25, 0.3) is 0 Å². The summed E-state index contributed by atoms with van der Waals surface area (Å²) in [7, 11) is 0. The Morgan fingerprint density at radius 1 is 0.647 bits per heavy atom. The van der Waals surface area contributed by atoms with Crippen LogP contribution in [0.2, 0.25) is 0 Å². The molecule has 0 aromatic rings. The molecule has 0 radical (unpaired) electrons. The summed E-state index contributed by atoms with van der Waals surface area (Å²) >= 11 is 0. The quantitative estimate of drug-likeness (QED) is 0.551. The standard InChI is InChI=1S/C8H18O3.C5H12O/c1-2-3-5-10-7-8-11-6-4-9;1-2-3-4-5-6/h9H,2-8H2,1H3;6H,2-5H2,1H3. The molecular formula is C13H30O4. The summed E-state index contributed by atoms with van der Waals surface area (Å²) in [4.78, 5) is 0. The van der Waals surface area contributed by atoms with E-state index in [0.29, 0.717) is 26.4 Å². The third-order valence-electron chi connectivity index (χ3n) is 2.01. The Labute approximate surface area is 106 Å². The highest BCUT2D eigenvalue weighted by atomic mass is 16.5. The van der Waals surface area contributed by atoms with Crippen LogP contribution in [0, 0.1) is 0 Å². The lowest BCUT2D eigenvalue weighted by atomic mass is 10.3. The van der Waals surface area contributed by atoms with E-state index in [-0.39, 0.29) is 6.61 Å². The van der Waals surface area contributed by atoms with Crippen molar-refractivity contribution in [2.75, 3.05) is 39.6 Å². The van der Waals surface area contributed by atoms with Crippen molar-refractivity contribution in [1.82, 2.24) is 0 Å². The number of hydrogen-bond acceptors (Lipinski definition) is 4. The molecule has 0 unspecified atom stereocenters. The maximum Gasteiger partial charge on any atom is 0.0701 e. The number of unbranched alkanes of at least 4 members (excludes halogenated alkanes) is 3. The molecule has 106 valence electrons. The van der Waals surface area contributed by atoms with Crippen molar-refractivity contribution >= 4 is 0 Å². The highest BCUT2D eigenvalue weighted by molar-refractivity contribution is 4.33. The number of aliphatic hydroxyl groups is 2. The first-order valence-electron chi connectivity index (χ1n) is 6.70. The van der Waals surface area contributed by atoms with Crippen LogP contribution in [0.25, 0.3) is 0 Å². The van der Waals surface area contributed by atoms with Gasteiger partial charge in [-0.3, -0.25) is 0 Å². The Kier molecular flexibility index (Phi) is 23.9. The van der Waals surface area contributed by atoms with Crippen LogP contribution in [0.4, 0.5) is 0 Å². The number of aliphatic hydroxyl groups excluding tert-OH is 2. The number of rotatable bonds is 11. The van der Waals surface area contributed by atoms with Crippen molar-refractivity contribution in [3.05, 3.63) is 0 Å². The van der Waals surface area contributed by atoms with E-state index in [2.05, 4.69) is 13.8 Å². The average Bonchev–Trinajstić information content (AvgIpc) is 2.36. The Morgan fingerprint density at radius 2 is 1.24 bits per heavy atom. The highest BCUT2D eigenvalue weighted by Gasteiger charge is 1.87. The van der Waals surface area contributed by atoms with Gasteiger partial charge < -0.3 is 19.7 Å². The van der Waals surface area contributed by atoms with Crippen LogP contribution in [0.3, 0.4) is 0 Å². The van der Waals surface area contributed by atoms with Crippen LogP contribution in [-0.4, -0.2) is 49.9 Å². The topological polar surface area (TPSA) is 58.9 Å². The van der Waals surface area contributed by atoms with Crippen molar-refractivity contribution in [1.29, 1.82) is 0 Å². The molecule has 0 saturated heterocycles. The first-order chi connectivity index (χ1) is 8.33. The van der Waals surface area contributed by atoms with Gasteiger partial charge in [0, 0.05) is 13.2 Å². The minimum Gasteiger partial charge on any atom is -0.396 e. The molecule has 0 amide bonds. The van der Waals surface area contributed by atoms with E-state index in [4.69, 9.17) is 19.7 Å². The third-order valence-corrected chi connectivity index (χ3v) is 2.01. The van der Waals surface area contributed by atoms with Gasteiger partial charge in [0.05, 0.1) is 26.4 Å². The van der Waals surface area contributed by atoms with Crippen LogP contribution in [0.1, 0.15) is 46.0 Å². The summed E-state index contributed by atoms with van der Waals surface area (Å²) in [6, 6.07) is 0. The molecule has 0 rings (SSSR count). The van der Waals surface area contributed by atoms with Crippen molar-refractivity contribution in [2.24, 2.45) is 0 Å². The zero-order chi connectivity index (χ0) is 13.2. The Balaban J connectivity index is 0. The van der Waals surface area contributed by atoms with E-state index in [1.165, 1.54) is 6.42 Å². The summed E-state index contributed by atoms with van der Waals surface area (Å²) in [5.74, 6) is 0. The average molecular weight is 250 g/mol. The summed E-state index contributed by atoms with van der Waals surface area (Å²) in [6.07, 6.45) is 5.60. The van der Waals surface area contributed by atoms with E-state index in [1.807, 2.05) is 0 Å². The van der Waals surface area contributed by atoms with Gasteiger partial charge in [-0.2, -0.15) is 0 Å². The first-order valence-corrected chi connectivity index (χ1v) is 6.70. The highest BCUT2D eigenvalue weighted by Crippen LogP contribution is 1.89. The first kappa shape index (κ1) is 19.2. The van der Waals surface area contributed by atoms with Crippen molar-refractivity contribution in [2.45, 2.75) is 46.0 Å². The van der Waals surface area contributed by atoms with E-state index in [1.54, 1.807) is 0 Å². The maximum absolute atomic E-state index is 8.34. The van der Waals surface area contributed by atoms with Crippen LogP contribution in [0.15, 0.2) is 0 Å². The van der Waals surface area contributed by atoms with Gasteiger partial charge in [0.1, 0.15) is 0 Å². The molecule has 0 fully saturated rings. The van der Waals surface area contributed by atoms with Crippen molar-refractivity contribution in [3.63, 3.8) is 0 Å². The number of hydrogen-bond donors (Lipinski definition) is 2. The van der Waals surface area contributed by atoms with E-state index < -0.39 is 0 Å². The second-order valence-electron chi connectivity index (χ2n) is 3.73. The van der Waals surface area contributed by atoms with Gasteiger partial charge >= 0.3 is 0 Å². The molecule has 0 aliphatic heterocycles. The summed E-state index contributed by atoms with van der Waals surface area (Å²) in [5, 5.41) is 16.5. The molecule has 0 aliphatic carbocycles. The molecule has 4 heteroatoms. The molecule has 0 aromatic carbocycles. The fourth-order valence-corrected chi connectivity index (χ4v) is 0.995. The second-order valence-corrected chi connectivity index (χ2v) is 3.73. The summed E-state index contributed by atoms with van der Waals surface area (Å²) in [5.41, 5.74) is 0. The van der Waals surface area contributed by atoms with Crippen LogP contribution < -0.4 is 0 Å². The molecule has 0 spiro atoms. The molecule has 0 bridgehead atoms. The summed E-state index contributed by atoms with van der Waals surface area (Å²) in [6.45, 7) is 7.16. The lowest BCUT2D eigenvalue weighted by molar-refractivity contribution is 0.0324. The van der Waals surface area contributed by atoms with Gasteiger partial charge in [-0.05, 0) is 12.8 Å². The molecule has 2 N–H and O–H groups in total. The van der Waals surface area contributed by atoms with Crippen LogP contribution >= 0.6 is 0 Å². The molecule has 0 aromatic heterocycles. The molecule has 4 nitrogen and oxygen atoms in total. The smallest absolute Gasteiger partial charge is 0.0701 e. The number of ether oxygens (including phenoxy) is 2. The molecule has 0 atom stereocenters. The van der Waals surface area contributed by atoms with Gasteiger partial charge in [-0.15, -0.1) is 0 Å². The van der Waals surface area contributed by atoms with Gasteiger partial charge in [-0.1, -0.05) is 33.1 Å². The second kappa shape index (κ2) is 21.2. The predicted octanol–water partition coefficient (Wildman–Crippen LogP) is 1.98. The Bertz CT molecular complexity index is 97.6. The lowest BCUT2D eigenvalue weighted by Gasteiger charge is -2.02. The maximum atomic E-state index is 8.34. The molecule has 0 heterocycles. The van der Waals surface area contributed by atoms with Gasteiger partial charge in [0.15, 0.2) is 0 Å². The monoisotopic (exact) mass is 250 g/mol. The predicted molar refractivity (Wildman–Crippen MR) is 70.2 cm³/mol. The van der Waals surface area contributed by atoms with Crippen molar-refractivity contribution in [3.8, 4) is 0 Å². The van der Waals surface area contributed by atoms with Gasteiger partial charge in [0.2, 0.25) is 0 Å². The Morgan fingerprint density at radius 3 is 1.65 bits per heavy atom. The molecule has 0 aliphatic rings. The minimum atomic E-state index is 0.0922. The van der Waals surface area contributed by atoms with E-state index in [0.717, 1.165) is 32.3 Å². The normalized spacial score (nSPS) is 9.88. The van der Waals surface area contributed by atoms with E-state index >= 15 is 0 Å². The third kappa shape index (κ3) is 25.8. The largest absolute Gasteiger partial charge is 0.396 e. The van der Waals surface area contributed by atoms with E-state index in [9.17, 15) is 0 Å². The Hall–Kier alpha value is -0.160. The molecular weight excluding hydrogens is 220 g/mol. The zero-order valence-electron chi connectivity index (χ0n) is 11.5. The SMILES string of the molecule is CCCCCO.CCCCOCCOCCO. The zero-order valence-corrected chi connectivity index (χ0v) is 11.5. The van der Waals surface area contributed by atoms with Crippen LogP contribution in [-0.2, 0) is 9.47 Å². The minimum absolute atomic E-state index is 0.0922. The fraction of sp³-hybridized carbons (Fsp3) is 1.00. The fourth-order valence-electron chi connectivity index (χ4n) is 0.995. The molecule has 17 heavy (non-hydrogen) atoms. The molecule has 0 saturated carbocycles.